The van der Waals surface area contributed by atoms with Crippen molar-refractivity contribution >= 4 is 0 Å². The van der Waals surface area contributed by atoms with Gasteiger partial charge < -0.3 is 9.84 Å². The molecule has 2 aliphatic rings. The topological polar surface area (TPSA) is 96.0 Å². The van der Waals surface area contributed by atoms with E-state index in [0.29, 0.717) is 29.9 Å². The first-order valence-electron chi connectivity index (χ1n) is 7.80. The molecule has 7 heteroatoms. The van der Waals surface area contributed by atoms with E-state index in [-0.39, 0.29) is 0 Å². The second-order valence-corrected chi connectivity index (χ2v) is 5.88. The van der Waals surface area contributed by atoms with Crippen LogP contribution in [0.5, 0.6) is 5.88 Å². The van der Waals surface area contributed by atoms with Gasteiger partial charge in [0.25, 0.3) is 0 Å². The monoisotopic (exact) mass is 311 g/mol. The van der Waals surface area contributed by atoms with E-state index in [9.17, 15) is 5.11 Å². The molecule has 7 nitrogen and oxygen atoms in total. The van der Waals surface area contributed by atoms with Crippen LogP contribution in [0, 0.1) is 11.3 Å². The summed E-state index contributed by atoms with van der Waals surface area (Å²) < 4.78 is 7.58. The molecule has 1 aliphatic carbocycles. The third-order valence-electron chi connectivity index (χ3n) is 4.08. The predicted octanol–water partition coefficient (Wildman–Crippen LogP) is 1.34. The van der Waals surface area contributed by atoms with Crippen LogP contribution in [0.2, 0.25) is 0 Å². The number of ether oxygens (including phenoxy) is 1. The lowest BCUT2D eigenvalue weighted by molar-refractivity contribution is 0.132. The smallest absolute Gasteiger partial charge is 0.220 e. The van der Waals surface area contributed by atoms with E-state index in [1.165, 1.54) is 0 Å². The van der Waals surface area contributed by atoms with Gasteiger partial charge in [0, 0.05) is 30.8 Å². The molecular weight excluding hydrogens is 294 g/mol. The van der Waals surface area contributed by atoms with Crippen LogP contribution in [0.4, 0.5) is 0 Å². The highest BCUT2D eigenvalue weighted by molar-refractivity contribution is 5.71. The normalized spacial score (nSPS) is 17.9. The van der Waals surface area contributed by atoms with Crippen molar-refractivity contribution in [2.24, 2.45) is 0 Å². The summed E-state index contributed by atoms with van der Waals surface area (Å²) >= 11 is 0. The average Bonchev–Trinajstić information content (AvgIpc) is 3.31. The first kappa shape index (κ1) is 14.2. The molecular formula is C16H17N5O2. The van der Waals surface area contributed by atoms with Gasteiger partial charge in [-0.2, -0.15) is 10.4 Å². The standard InChI is InChI=1S/C16H17N5O2/c17-8-12-3-2-10(9-18-12)13-14(15(22)19-11-4-5-11)20-21-6-1-7-23-16(13)21/h2-3,9,11,15,19,22H,1,4-7H2. The molecule has 2 aromatic heterocycles. The Morgan fingerprint density at radius 1 is 1.43 bits per heavy atom. The summed E-state index contributed by atoms with van der Waals surface area (Å²) in [4.78, 5) is 4.12. The van der Waals surface area contributed by atoms with E-state index in [4.69, 9.17) is 10.00 Å². The van der Waals surface area contributed by atoms with Crippen LogP contribution >= 0.6 is 0 Å². The zero-order chi connectivity index (χ0) is 15.8. The average molecular weight is 311 g/mol. The van der Waals surface area contributed by atoms with E-state index in [0.717, 1.165) is 36.9 Å². The number of nitriles is 1. The molecule has 0 amide bonds. The van der Waals surface area contributed by atoms with Gasteiger partial charge in [0.15, 0.2) is 6.23 Å². The Hall–Kier alpha value is -2.43. The molecule has 0 radical (unpaired) electrons. The summed E-state index contributed by atoms with van der Waals surface area (Å²) in [7, 11) is 0. The van der Waals surface area contributed by atoms with Gasteiger partial charge in [-0.1, -0.05) is 0 Å². The molecule has 1 aliphatic heterocycles. The molecule has 0 aromatic carbocycles. The number of nitrogens with one attached hydrogen (secondary N) is 1. The minimum absolute atomic E-state index is 0.355. The number of pyridine rings is 1. The Morgan fingerprint density at radius 3 is 3.00 bits per heavy atom. The molecule has 3 heterocycles. The number of aliphatic hydroxyl groups excluding tert-OH is 1. The van der Waals surface area contributed by atoms with Crippen molar-refractivity contribution < 1.29 is 9.84 Å². The van der Waals surface area contributed by atoms with E-state index in [1.807, 2.05) is 12.1 Å². The molecule has 4 rings (SSSR count). The van der Waals surface area contributed by atoms with E-state index in [1.54, 1.807) is 16.9 Å². The second-order valence-electron chi connectivity index (χ2n) is 5.88. The molecule has 23 heavy (non-hydrogen) atoms. The fraction of sp³-hybridized carbons (Fsp3) is 0.438. The first-order chi connectivity index (χ1) is 11.3. The van der Waals surface area contributed by atoms with Crippen LogP contribution in [0.25, 0.3) is 11.1 Å². The molecule has 1 saturated carbocycles. The summed E-state index contributed by atoms with van der Waals surface area (Å²) in [6.07, 6.45) is 3.84. The number of aliphatic hydroxyl groups is 1. The molecule has 0 bridgehead atoms. The van der Waals surface area contributed by atoms with Crippen LogP contribution in [0.3, 0.4) is 0 Å². The highest BCUT2D eigenvalue weighted by Gasteiger charge is 2.31. The fourth-order valence-corrected chi connectivity index (χ4v) is 2.77. The van der Waals surface area contributed by atoms with E-state index < -0.39 is 6.23 Å². The largest absolute Gasteiger partial charge is 0.477 e. The van der Waals surface area contributed by atoms with Gasteiger partial charge in [-0.3, -0.25) is 5.32 Å². The summed E-state index contributed by atoms with van der Waals surface area (Å²) in [5, 5.41) is 27.1. The van der Waals surface area contributed by atoms with Crippen LogP contribution in [-0.4, -0.2) is 32.5 Å². The number of hydrogen-bond acceptors (Lipinski definition) is 6. The van der Waals surface area contributed by atoms with Gasteiger partial charge in [-0.05, 0) is 25.0 Å². The highest BCUT2D eigenvalue weighted by atomic mass is 16.5. The maximum absolute atomic E-state index is 10.5. The number of rotatable bonds is 4. The molecule has 1 unspecified atom stereocenters. The number of aryl methyl sites for hydroxylation is 1. The van der Waals surface area contributed by atoms with E-state index >= 15 is 0 Å². The van der Waals surface area contributed by atoms with Gasteiger partial charge in [0.1, 0.15) is 17.5 Å². The van der Waals surface area contributed by atoms with Crippen molar-refractivity contribution in [3.8, 4) is 23.1 Å². The number of fused-ring (bicyclic) bond motifs is 1. The number of hydrogen-bond donors (Lipinski definition) is 2. The van der Waals surface area contributed by atoms with Crippen LogP contribution in [-0.2, 0) is 6.54 Å². The number of aromatic nitrogens is 3. The summed E-state index contributed by atoms with van der Waals surface area (Å²) in [6.45, 7) is 1.40. The van der Waals surface area contributed by atoms with Gasteiger partial charge in [-0.25, -0.2) is 9.67 Å². The fourth-order valence-electron chi connectivity index (χ4n) is 2.77. The van der Waals surface area contributed by atoms with Gasteiger partial charge in [0.05, 0.1) is 12.2 Å². The Bertz CT molecular complexity index is 758. The molecule has 0 spiro atoms. The Balaban J connectivity index is 1.78. The molecule has 2 aromatic rings. The Labute approximate surface area is 133 Å². The zero-order valence-electron chi connectivity index (χ0n) is 12.6. The second kappa shape index (κ2) is 5.65. The molecule has 2 N–H and O–H groups in total. The number of nitrogens with zero attached hydrogens (tertiary/aromatic N) is 4. The van der Waals surface area contributed by atoms with Crippen molar-refractivity contribution in [3.05, 3.63) is 29.7 Å². The summed E-state index contributed by atoms with van der Waals surface area (Å²) in [5.74, 6) is 0.661. The summed E-state index contributed by atoms with van der Waals surface area (Å²) in [6, 6.07) is 5.84. The quantitative estimate of drug-likeness (QED) is 0.827. The van der Waals surface area contributed by atoms with Gasteiger partial charge in [-0.15, -0.1) is 0 Å². The minimum atomic E-state index is -0.838. The SMILES string of the molecule is N#Cc1ccc(-c2c(C(O)NC3CC3)nn3c2OCCC3)cn1. The molecule has 0 saturated heterocycles. The molecule has 118 valence electrons. The lowest BCUT2D eigenvalue weighted by Crippen LogP contribution is -2.24. The predicted molar refractivity (Wildman–Crippen MR) is 81.4 cm³/mol. The molecule has 1 fully saturated rings. The Kier molecular flexibility index (Phi) is 3.48. The van der Waals surface area contributed by atoms with Crippen molar-refractivity contribution in [3.63, 3.8) is 0 Å². The summed E-state index contributed by atoms with van der Waals surface area (Å²) in [5.41, 5.74) is 2.45. The van der Waals surface area contributed by atoms with Crippen molar-refractivity contribution in [2.45, 2.75) is 38.1 Å². The zero-order valence-corrected chi connectivity index (χ0v) is 12.6. The maximum atomic E-state index is 10.5. The lowest BCUT2D eigenvalue weighted by Gasteiger charge is -2.16. The third kappa shape index (κ3) is 2.67. The molecule has 1 atom stereocenters. The first-order valence-corrected chi connectivity index (χ1v) is 7.80. The maximum Gasteiger partial charge on any atom is 0.220 e. The van der Waals surface area contributed by atoms with Crippen molar-refractivity contribution in [1.82, 2.24) is 20.1 Å². The highest BCUT2D eigenvalue weighted by Crippen LogP contribution is 2.38. The third-order valence-corrected chi connectivity index (χ3v) is 4.08. The minimum Gasteiger partial charge on any atom is -0.477 e. The van der Waals surface area contributed by atoms with Gasteiger partial charge in [0.2, 0.25) is 5.88 Å². The van der Waals surface area contributed by atoms with Gasteiger partial charge >= 0.3 is 0 Å². The van der Waals surface area contributed by atoms with E-state index in [2.05, 4.69) is 15.4 Å². The van der Waals surface area contributed by atoms with Crippen LogP contribution in [0.1, 0.15) is 36.9 Å². The van der Waals surface area contributed by atoms with Crippen molar-refractivity contribution in [1.29, 1.82) is 5.26 Å². The van der Waals surface area contributed by atoms with Crippen LogP contribution < -0.4 is 10.1 Å². The van der Waals surface area contributed by atoms with Crippen molar-refractivity contribution in [2.75, 3.05) is 6.61 Å². The Morgan fingerprint density at radius 2 is 2.30 bits per heavy atom. The lowest BCUT2D eigenvalue weighted by atomic mass is 10.1. The van der Waals surface area contributed by atoms with Crippen LogP contribution in [0.15, 0.2) is 18.3 Å².